The molecule has 0 aliphatic heterocycles. The van der Waals surface area contributed by atoms with Crippen molar-refractivity contribution in [2.75, 3.05) is 14.2 Å². The number of rotatable bonds is 13. The molecule has 2 N–H and O–H groups in total. The van der Waals surface area contributed by atoms with E-state index in [-0.39, 0.29) is 34.0 Å². The average molecular weight is 797 g/mol. The van der Waals surface area contributed by atoms with Crippen LogP contribution in [0.4, 0.5) is 0 Å². The first kappa shape index (κ1) is 35.7. The number of benzene rings is 4. The number of pyridine rings is 2. The highest BCUT2D eigenvalue weighted by Crippen LogP contribution is 2.35. The van der Waals surface area contributed by atoms with Gasteiger partial charge in [0, 0.05) is 68.6 Å². The third-order valence-corrected chi connectivity index (χ3v) is 10.2. The molecule has 0 saturated carbocycles. The zero-order valence-corrected chi connectivity index (χ0v) is 31.9. The third-order valence-electron chi connectivity index (χ3n) is 10.2. The van der Waals surface area contributed by atoms with E-state index >= 15 is 0 Å². The Hall–Kier alpha value is -4.14. The summed E-state index contributed by atoms with van der Waals surface area (Å²) in [7, 11) is 3.46. The van der Waals surface area contributed by atoms with Crippen LogP contribution in [0.5, 0.6) is 11.5 Å². The molecule has 0 fully saturated rings. The van der Waals surface area contributed by atoms with Gasteiger partial charge in [-0.1, -0.05) is 37.8 Å². The highest BCUT2D eigenvalue weighted by atomic mass is 79.9. The van der Waals surface area contributed by atoms with Crippen molar-refractivity contribution < 1.29 is 52.6 Å². The zero-order valence-electron chi connectivity index (χ0n) is 28.8. The highest BCUT2D eigenvalue weighted by molar-refractivity contribution is 6.21. The van der Waals surface area contributed by atoms with E-state index in [0.717, 1.165) is 35.6 Å². The van der Waals surface area contributed by atoms with Crippen LogP contribution in [0.1, 0.15) is 51.4 Å². The normalized spacial score (nSPS) is 11.5. The number of hydrogen-bond acceptors (Lipinski definition) is 2. The molecule has 6 nitrogen and oxygen atoms in total. The molecule has 8 rings (SSSR count). The van der Waals surface area contributed by atoms with Gasteiger partial charge in [0.05, 0.1) is 25.0 Å². The van der Waals surface area contributed by atoms with Crippen molar-refractivity contribution in [1.82, 2.24) is 9.97 Å². The molecule has 0 saturated heterocycles. The number of hydrogen-bond donors (Lipinski definition) is 2. The average Bonchev–Trinajstić information content (AvgIpc) is 3.70. The largest absolute Gasteiger partial charge is 1.00 e. The summed E-state index contributed by atoms with van der Waals surface area (Å²) in [5.41, 5.74) is 4.64. The molecule has 4 aromatic heterocycles. The van der Waals surface area contributed by atoms with E-state index in [0.29, 0.717) is 0 Å². The first-order valence-electron chi connectivity index (χ1n) is 17.5. The molecule has 0 atom stereocenters. The third kappa shape index (κ3) is 7.06. The van der Waals surface area contributed by atoms with E-state index in [9.17, 15) is 0 Å². The monoisotopic (exact) mass is 794 g/mol. The minimum Gasteiger partial charge on any atom is -1.00 e. The Morgan fingerprint density at radius 2 is 0.860 bits per heavy atom. The topological polar surface area (TPSA) is 57.8 Å². The van der Waals surface area contributed by atoms with Crippen LogP contribution in [0.3, 0.4) is 0 Å². The highest BCUT2D eigenvalue weighted by Gasteiger charge is 2.14. The molecular formula is C42H44Br2N4O2. The number of halogens is 2. The fourth-order valence-corrected chi connectivity index (χ4v) is 7.55. The SMILES string of the molecule is COc1ccc2[nH]c3ccc4cc[n+](CCCCCCCCCC[n+]5ccc6ccc7[nH]c8ccc(OC)cc8c7c6c5)cc4c3c2c1.[Br-].[Br-]. The van der Waals surface area contributed by atoms with Gasteiger partial charge in [0.2, 0.25) is 0 Å². The van der Waals surface area contributed by atoms with Crippen molar-refractivity contribution in [2.24, 2.45) is 0 Å². The smallest absolute Gasteiger partial charge is 0.177 e. The van der Waals surface area contributed by atoms with Crippen LogP contribution in [0.25, 0.3) is 65.2 Å². The molecule has 0 radical (unpaired) electrons. The molecule has 0 unspecified atom stereocenters. The summed E-state index contributed by atoms with van der Waals surface area (Å²) in [6.45, 7) is 2.11. The van der Waals surface area contributed by atoms with Crippen molar-refractivity contribution in [1.29, 1.82) is 0 Å². The van der Waals surface area contributed by atoms with E-state index < -0.39 is 0 Å². The number of H-pyrrole nitrogens is 2. The Kier molecular flexibility index (Phi) is 11.3. The molecule has 4 aromatic carbocycles. The zero-order chi connectivity index (χ0) is 32.5. The minimum atomic E-state index is 0. The first-order chi connectivity index (χ1) is 23.7. The van der Waals surface area contributed by atoms with Gasteiger partial charge in [-0.3, -0.25) is 0 Å². The molecule has 0 amide bonds. The van der Waals surface area contributed by atoms with Gasteiger partial charge >= 0.3 is 0 Å². The molecule has 8 heteroatoms. The summed E-state index contributed by atoms with van der Waals surface area (Å²) in [5.74, 6) is 1.78. The molecule has 8 aromatic rings. The Bertz CT molecular complexity index is 2250. The van der Waals surface area contributed by atoms with E-state index in [1.54, 1.807) is 14.2 Å². The minimum absolute atomic E-state index is 0. The summed E-state index contributed by atoms with van der Waals surface area (Å²) < 4.78 is 15.8. The molecule has 0 aliphatic carbocycles. The Morgan fingerprint density at radius 1 is 0.460 bits per heavy atom. The Balaban J connectivity index is 0.00000216. The van der Waals surface area contributed by atoms with Gasteiger partial charge in [-0.2, -0.15) is 0 Å². The number of aryl methyl sites for hydroxylation is 2. The standard InChI is InChI=1S/C42H42N4O2.2BrH/c1-47-31-13-17-37-33(25-31)41-35-27-45(23-19-29(35)11-15-39(41)43-37)21-9-7-5-3-4-6-8-10-22-46-24-20-30-12-16-40-42(36(30)28-46)34-26-32(48-2)14-18-38(34)44-40;;/h11-20,23-28H,3-10,21-22H2,1-2H3;2*1H. The van der Waals surface area contributed by atoms with Crippen molar-refractivity contribution in [2.45, 2.75) is 64.5 Å². The van der Waals surface area contributed by atoms with Gasteiger partial charge in [-0.05, 0) is 72.1 Å². The van der Waals surface area contributed by atoms with E-state index in [2.05, 4.69) is 105 Å². The molecular weight excluding hydrogens is 752 g/mol. The Morgan fingerprint density at radius 3 is 1.28 bits per heavy atom. The maximum Gasteiger partial charge on any atom is 0.177 e. The van der Waals surface area contributed by atoms with Gasteiger partial charge in [0.1, 0.15) is 24.6 Å². The summed E-state index contributed by atoms with van der Waals surface area (Å²) in [4.78, 5) is 7.17. The lowest BCUT2D eigenvalue weighted by Gasteiger charge is -2.04. The second kappa shape index (κ2) is 15.8. The summed E-state index contributed by atoms with van der Waals surface area (Å²) in [6, 6.07) is 25.9. The van der Waals surface area contributed by atoms with Gasteiger partial charge in [0.15, 0.2) is 24.8 Å². The number of unbranched alkanes of at least 4 members (excludes halogenated alkanes) is 7. The Labute approximate surface area is 313 Å². The van der Waals surface area contributed by atoms with Crippen molar-refractivity contribution in [3.05, 3.63) is 97.6 Å². The number of nitrogens with one attached hydrogen (secondary N) is 2. The predicted molar refractivity (Wildman–Crippen MR) is 197 cm³/mol. The molecule has 0 bridgehead atoms. The van der Waals surface area contributed by atoms with Crippen molar-refractivity contribution >= 4 is 65.2 Å². The lowest BCUT2D eigenvalue weighted by molar-refractivity contribution is -0.696. The van der Waals surface area contributed by atoms with Gasteiger partial charge in [-0.25, -0.2) is 9.13 Å². The lowest BCUT2D eigenvalue weighted by Crippen LogP contribution is -3.00. The molecule has 0 spiro atoms. The van der Waals surface area contributed by atoms with E-state index in [4.69, 9.17) is 9.47 Å². The second-order valence-corrected chi connectivity index (χ2v) is 13.2. The molecule has 4 heterocycles. The lowest BCUT2D eigenvalue weighted by atomic mass is 10.0. The number of aromatic nitrogens is 4. The molecule has 258 valence electrons. The molecule has 0 aliphatic rings. The van der Waals surface area contributed by atoms with E-state index in [1.165, 1.54) is 105 Å². The molecule has 50 heavy (non-hydrogen) atoms. The maximum atomic E-state index is 5.52. The number of nitrogens with zero attached hydrogens (tertiary/aromatic N) is 2. The van der Waals surface area contributed by atoms with Crippen LogP contribution < -0.4 is 52.6 Å². The fraction of sp³-hybridized carbons (Fsp3) is 0.286. The summed E-state index contributed by atoms with van der Waals surface area (Å²) in [6.07, 6.45) is 19.4. The fourth-order valence-electron chi connectivity index (χ4n) is 7.55. The van der Waals surface area contributed by atoms with E-state index in [1.807, 2.05) is 12.1 Å². The summed E-state index contributed by atoms with van der Waals surface area (Å²) in [5, 5.41) is 10.1. The summed E-state index contributed by atoms with van der Waals surface area (Å²) >= 11 is 0. The van der Waals surface area contributed by atoms with Crippen LogP contribution in [0.2, 0.25) is 0 Å². The van der Waals surface area contributed by atoms with Gasteiger partial charge in [-0.15, -0.1) is 0 Å². The quantitative estimate of drug-likeness (QED) is 0.138. The maximum absolute atomic E-state index is 5.52. The van der Waals surface area contributed by atoms with Crippen LogP contribution >= 0.6 is 0 Å². The van der Waals surface area contributed by atoms with Crippen molar-refractivity contribution in [3.63, 3.8) is 0 Å². The van der Waals surface area contributed by atoms with Crippen LogP contribution in [-0.2, 0) is 13.1 Å². The number of methoxy groups -OCH3 is 2. The number of aromatic amines is 2. The predicted octanol–water partition coefficient (Wildman–Crippen LogP) is 3.68. The van der Waals surface area contributed by atoms with Gasteiger partial charge in [0.25, 0.3) is 0 Å². The van der Waals surface area contributed by atoms with Crippen LogP contribution in [0, 0.1) is 0 Å². The van der Waals surface area contributed by atoms with Gasteiger partial charge < -0.3 is 53.4 Å². The number of fused-ring (bicyclic) bond motifs is 10. The van der Waals surface area contributed by atoms with Crippen LogP contribution in [0.15, 0.2) is 97.6 Å². The first-order valence-corrected chi connectivity index (χ1v) is 17.5. The second-order valence-electron chi connectivity index (χ2n) is 13.2. The van der Waals surface area contributed by atoms with Crippen molar-refractivity contribution in [3.8, 4) is 11.5 Å². The van der Waals surface area contributed by atoms with Crippen LogP contribution in [-0.4, -0.2) is 24.2 Å². The number of ether oxygens (including phenoxy) is 2.